The van der Waals surface area contributed by atoms with Gasteiger partial charge in [0.25, 0.3) is 0 Å². The molecular formula is C23H25N5O2S. The van der Waals surface area contributed by atoms with E-state index in [1.807, 2.05) is 56.3 Å². The first-order valence-electron chi connectivity index (χ1n) is 10.00. The van der Waals surface area contributed by atoms with E-state index in [2.05, 4.69) is 15.3 Å². The average Bonchev–Trinajstić information content (AvgIpc) is 3.07. The van der Waals surface area contributed by atoms with E-state index in [1.54, 1.807) is 13.1 Å². The van der Waals surface area contributed by atoms with Crippen molar-refractivity contribution in [1.29, 1.82) is 0 Å². The molecule has 3 aromatic rings. The standard InChI is InChI=1S/C23H25N5O2S/c1-15-8-7-9-17(24-15)13-18-14-21(23-20(26-18)12-16(2)25-23)27-19-10-5-6-11-22(19)28(3)31(4,29)30/h5-11,14H,12-13H2,1-4H3,(H,26,27). The van der Waals surface area contributed by atoms with Gasteiger partial charge in [0.15, 0.2) is 0 Å². The summed E-state index contributed by atoms with van der Waals surface area (Å²) < 4.78 is 25.5. The van der Waals surface area contributed by atoms with Crippen molar-refractivity contribution >= 4 is 38.5 Å². The Morgan fingerprint density at radius 2 is 1.77 bits per heavy atom. The van der Waals surface area contributed by atoms with E-state index in [1.165, 1.54) is 10.6 Å². The Morgan fingerprint density at radius 3 is 2.52 bits per heavy atom. The molecule has 31 heavy (non-hydrogen) atoms. The molecular weight excluding hydrogens is 410 g/mol. The third-order valence-corrected chi connectivity index (χ3v) is 6.35. The van der Waals surface area contributed by atoms with Crippen molar-refractivity contribution < 1.29 is 8.42 Å². The van der Waals surface area contributed by atoms with Crippen LogP contribution in [0.25, 0.3) is 0 Å². The molecule has 160 valence electrons. The molecule has 4 rings (SSSR count). The van der Waals surface area contributed by atoms with Gasteiger partial charge in [0.2, 0.25) is 10.0 Å². The van der Waals surface area contributed by atoms with Crippen LogP contribution in [-0.4, -0.2) is 37.4 Å². The first-order chi connectivity index (χ1) is 14.7. The Labute approximate surface area is 182 Å². The molecule has 0 unspecified atom stereocenters. The number of aryl methyl sites for hydroxylation is 1. The molecule has 0 radical (unpaired) electrons. The van der Waals surface area contributed by atoms with Crippen molar-refractivity contribution in [1.82, 2.24) is 9.97 Å². The number of aliphatic imine (C=N–C) groups is 1. The Balaban J connectivity index is 1.74. The van der Waals surface area contributed by atoms with Crippen LogP contribution in [0.5, 0.6) is 0 Å². The van der Waals surface area contributed by atoms with Crippen LogP contribution in [0.15, 0.2) is 53.5 Å². The SMILES string of the molecule is CC1=Nc2c(Nc3ccccc3N(C)S(C)(=O)=O)cc(Cc3cccc(C)n3)nc2C1. The smallest absolute Gasteiger partial charge is 0.232 e. The fourth-order valence-corrected chi connectivity index (χ4v) is 4.13. The molecule has 0 saturated carbocycles. The van der Waals surface area contributed by atoms with Gasteiger partial charge in [0, 0.05) is 42.7 Å². The van der Waals surface area contributed by atoms with Gasteiger partial charge in [0.1, 0.15) is 5.69 Å². The van der Waals surface area contributed by atoms with Crippen LogP contribution in [0.3, 0.4) is 0 Å². The number of para-hydroxylation sites is 2. The lowest BCUT2D eigenvalue weighted by molar-refractivity contribution is 0.600. The molecule has 1 aliphatic heterocycles. The summed E-state index contributed by atoms with van der Waals surface area (Å²) in [7, 11) is -1.85. The quantitative estimate of drug-likeness (QED) is 0.628. The molecule has 0 bridgehead atoms. The van der Waals surface area contributed by atoms with Crippen LogP contribution in [0, 0.1) is 6.92 Å². The monoisotopic (exact) mass is 435 g/mol. The topological polar surface area (TPSA) is 87.5 Å². The molecule has 1 aromatic carbocycles. The van der Waals surface area contributed by atoms with Crippen LogP contribution in [-0.2, 0) is 22.9 Å². The van der Waals surface area contributed by atoms with Crippen LogP contribution >= 0.6 is 0 Å². The number of nitrogens with one attached hydrogen (secondary N) is 1. The lowest BCUT2D eigenvalue weighted by Crippen LogP contribution is -2.25. The molecule has 0 aliphatic carbocycles. The van der Waals surface area contributed by atoms with Gasteiger partial charge in [0.05, 0.1) is 29.0 Å². The van der Waals surface area contributed by atoms with Crippen molar-refractivity contribution in [3.05, 3.63) is 71.3 Å². The van der Waals surface area contributed by atoms with Crippen molar-refractivity contribution in [3.8, 4) is 0 Å². The number of nitrogens with zero attached hydrogens (tertiary/aromatic N) is 4. The molecule has 7 nitrogen and oxygen atoms in total. The van der Waals surface area contributed by atoms with Crippen molar-refractivity contribution in [2.75, 3.05) is 22.9 Å². The lowest BCUT2D eigenvalue weighted by Gasteiger charge is -2.21. The summed E-state index contributed by atoms with van der Waals surface area (Å²) in [6, 6.07) is 15.3. The number of sulfonamides is 1. The Morgan fingerprint density at radius 1 is 1.00 bits per heavy atom. The fourth-order valence-electron chi connectivity index (χ4n) is 3.62. The zero-order valence-corrected chi connectivity index (χ0v) is 18.9. The van der Waals surface area contributed by atoms with Gasteiger partial charge in [-0.1, -0.05) is 18.2 Å². The number of hydrogen-bond acceptors (Lipinski definition) is 6. The van der Waals surface area contributed by atoms with E-state index in [9.17, 15) is 8.42 Å². The number of benzene rings is 1. The summed E-state index contributed by atoms with van der Waals surface area (Å²) >= 11 is 0. The number of anilines is 3. The first kappa shape index (κ1) is 21.0. The van der Waals surface area contributed by atoms with Gasteiger partial charge in [-0.3, -0.25) is 19.3 Å². The molecule has 0 fully saturated rings. The fraction of sp³-hybridized carbons (Fsp3) is 0.261. The second-order valence-corrected chi connectivity index (χ2v) is 9.81. The minimum Gasteiger partial charge on any atom is -0.352 e. The Kier molecular flexibility index (Phi) is 5.49. The highest BCUT2D eigenvalue weighted by Crippen LogP contribution is 2.38. The highest BCUT2D eigenvalue weighted by atomic mass is 32.2. The highest BCUT2D eigenvalue weighted by Gasteiger charge is 2.21. The van der Waals surface area contributed by atoms with E-state index in [-0.39, 0.29) is 0 Å². The third kappa shape index (κ3) is 4.59. The number of pyridine rings is 2. The van der Waals surface area contributed by atoms with Gasteiger partial charge in [-0.15, -0.1) is 0 Å². The van der Waals surface area contributed by atoms with E-state index in [0.717, 1.165) is 39.9 Å². The normalized spacial score (nSPS) is 13.0. The summed E-state index contributed by atoms with van der Waals surface area (Å²) in [6.07, 6.45) is 2.49. The number of fused-ring (bicyclic) bond motifs is 1. The third-order valence-electron chi connectivity index (χ3n) is 5.16. The van der Waals surface area contributed by atoms with Gasteiger partial charge in [-0.2, -0.15) is 0 Å². The number of aromatic nitrogens is 2. The molecule has 8 heteroatoms. The summed E-state index contributed by atoms with van der Waals surface area (Å²) in [5.74, 6) is 0. The van der Waals surface area contributed by atoms with Crippen molar-refractivity contribution in [2.45, 2.75) is 26.7 Å². The second kappa shape index (κ2) is 8.11. The number of hydrogen-bond donors (Lipinski definition) is 1. The van der Waals surface area contributed by atoms with Gasteiger partial charge in [-0.25, -0.2) is 8.42 Å². The molecule has 0 amide bonds. The maximum absolute atomic E-state index is 12.1. The van der Waals surface area contributed by atoms with E-state index >= 15 is 0 Å². The number of rotatable bonds is 6. The molecule has 0 saturated heterocycles. The van der Waals surface area contributed by atoms with E-state index < -0.39 is 10.0 Å². The summed E-state index contributed by atoms with van der Waals surface area (Å²) in [4.78, 5) is 14.1. The maximum Gasteiger partial charge on any atom is 0.232 e. The minimum atomic E-state index is -3.40. The first-order valence-corrected chi connectivity index (χ1v) is 11.8. The maximum atomic E-state index is 12.1. The predicted molar refractivity (Wildman–Crippen MR) is 125 cm³/mol. The van der Waals surface area contributed by atoms with Crippen LogP contribution < -0.4 is 9.62 Å². The lowest BCUT2D eigenvalue weighted by atomic mass is 10.1. The molecule has 0 atom stereocenters. The van der Waals surface area contributed by atoms with Crippen LogP contribution in [0.2, 0.25) is 0 Å². The van der Waals surface area contributed by atoms with Crippen molar-refractivity contribution in [3.63, 3.8) is 0 Å². The van der Waals surface area contributed by atoms with Gasteiger partial charge in [-0.05, 0) is 44.2 Å². The molecule has 1 N–H and O–H groups in total. The van der Waals surface area contributed by atoms with E-state index in [4.69, 9.17) is 4.98 Å². The molecule has 3 heterocycles. The van der Waals surface area contributed by atoms with Crippen LogP contribution in [0.1, 0.15) is 29.7 Å². The van der Waals surface area contributed by atoms with Gasteiger partial charge >= 0.3 is 0 Å². The summed E-state index contributed by atoms with van der Waals surface area (Å²) in [5.41, 5.74) is 7.57. The van der Waals surface area contributed by atoms with Crippen molar-refractivity contribution in [2.24, 2.45) is 4.99 Å². The largest absolute Gasteiger partial charge is 0.352 e. The summed E-state index contributed by atoms with van der Waals surface area (Å²) in [6.45, 7) is 3.96. The Hall–Kier alpha value is -3.26. The molecule has 2 aromatic heterocycles. The average molecular weight is 436 g/mol. The summed E-state index contributed by atoms with van der Waals surface area (Å²) in [5, 5.41) is 3.41. The molecule has 0 spiro atoms. The second-order valence-electron chi connectivity index (χ2n) is 7.80. The Bertz CT molecular complexity index is 1280. The zero-order valence-electron chi connectivity index (χ0n) is 18.0. The molecule has 1 aliphatic rings. The van der Waals surface area contributed by atoms with Crippen LogP contribution in [0.4, 0.5) is 22.7 Å². The van der Waals surface area contributed by atoms with E-state index in [0.29, 0.717) is 24.2 Å². The predicted octanol–water partition coefficient (Wildman–Crippen LogP) is 4.16. The minimum absolute atomic E-state index is 0.566. The van der Waals surface area contributed by atoms with Gasteiger partial charge < -0.3 is 5.32 Å². The zero-order chi connectivity index (χ0) is 22.2. The highest BCUT2D eigenvalue weighted by molar-refractivity contribution is 7.92.